The summed E-state index contributed by atoms with van der Waals surface area (Å²) in [6, 6.07) is 51.2. The molecule has 0 saturated heterocycles. The van der Waals surface area contributed by atoms with E-state index in [0.717, 1.165) is 33.8 Å². The first-order valence-electron chi connectivity index (χ1n) is 15.7. The average molecular weight is 595 g/mol. The van der Waals surface area contributed by atoms with Gasteiger partial charge in [-0.2, -0.15) is 0 Å². The van der Waals surface area contributed by atoms with Crippen molar-refractivity contribution < 1.29 is 9.15 Å². The van der Waals surface area contributed by atoms with E-state index >= 15 is 0 Å². The Morgan fingerprint density at radius 1 is 0.413 bits per heavy atom. The van der Waals surface area contributed by atoms with E-state index in [4.69, 9.17) is 9.15 Å². The van der Waals surface area contributed by atoms with Crippen molar-refractivity contribution in [1.82, 2.24) is 10.2 Å². The van der Waals surface area contributed by atoms with Gasteiger partial charge in [-0.05, 0) is 75.8 Å². The van der Waals surface area contributed by atoms with E-state index < -0.39 is 5.41 Å². The third kappa shape index (κ3) is 3.73. The molecule has 0 atom stereocenters. The van der Waals surface area contributed by atoms with E-state index in [2.05, 4.69) is 139 Å². The van der Waals surface area contributed by atoms with Gasteiger partial charge in [0.05, 0.1) is 5.41 Å². The lowest BCUT2D eigenvalue weighted by atomic mass is 9.53. The van der Waals surface area contributed by atoms with Crippen LogP contribution in [0.1, 0.15) is 47.2 Å². The van der Waals surface area contributed by atoms with Crippen LogP contribution in [0.15, 0.2) is 150 Å². The molecule has 9 rings (SSSR count). The molecule has 0 bridgehead atoms. The number of fused-ring (bicyclic) bond motifs is 8. The van der Waals surface area contributed by atoms with Gasteiger partial charge in [0.25, 0.3) is 0 Å². The summed E-state index contributed by atoms with van der Waals surface area (Å²) in [6.07, 6.45) is 0. The van der Waals surface area contributed by atoms with Crippen LogP contribution < -0.4 is 4.74 Å². The van der Waals surface area contributed by atoms with Crippen LogP contribution in [0.3, 0.4) is 0 Å². The predicted molar refractivity (Wildman–Crippen MR) is 181 cm³/mol. The van der Waals surface area contributed by atoms with Crippen molar-refractivity contribution in [3.05, 3.63) is 179 Å². The minimum absolute atomic E-state index is 0.229. The Morgan fingerprint density at radius 2 is 0.891 bits per heavy atom. The van der Waals surface area contributed by atoms with Gasteiger partial charge in [0, 0.05) is 27.7 Å². The summed E-state index contributed by atoms with van der Waals surface area (Å²) in [5.74, 6) is 2.82. The van der Waals surface area contributed by atoms with E-state index in [1.165, 1.54) is 33.4 Å². The first kappa shape index (κ1) is 26.6. The van der Waals surface area contributed by atoms with Crippen molar-refractivity contribution >= 4 is 0 Å². The van der Waals surface area contributed by atoms with Gasteiger partial charge in [-0.25, -0.2) is 0 Å². The number of para-hydroxylation sites is 2. The van der Waals surface area contributed by atoms with Crippen LogP contribution in [0.2, 0.25) is 0 Å². The summed E-state index contributed by atoms with van der Waals surface area (Å²) < 4.78 is 12.6. The Bertz CT molecular complexity index is 2220. The second-order valence-electron chi connectivity index (χ2n) is 12.6. The quantitative estimate of drug-likeness (QED) is 0.204. The van der Waals surface area contributed by atoms with E-state index in [-0.39, 0.29) is 5.41 Å². The van der Waals surface area contributed by atoms with E-state index in [9.17, 15) is 0 Å². The summed E-state index contributed by atoms with van der Waals surface area (Å²) in [5, 5.41) is 8.60. The molecule has 6 aromatic carbocycles. The largest absolute Gasteiger partial charge is 0.457 e. The molecule has 220 valence electrons. The molecule has 7 aromatic rings. The number of hydrogen-bond acceptors (Lipinski definition) is 4. The SMILES string of the molecule is CC1(C)c2ccccc2C2(c3ccccc3Oc3ccccc32)c2ccc(-c3ccc(-c4nnc(-c5ccccc5)o4)cc3)cc21. The Morgan fingerprint density at radius 3 is 1.54 bits per heavy atom. The smallest absolute Gasteiger partial charge is 0.248 e. The zero-order chi connectivity index (χ0) is 30.9. The molecule has 2 heterocycles. The monoisotopic (exact) mass is 594 g/mol. The van der Waals surface area contributed by atoms with E-state index in [0.29, 0.717) is 11.8 Å². The fraction of sp³-hybridized carbons (Fsp3) is 0.0952. The molecule has 1 aromatic heterocycles. The third-order valence-corrected chi connectivity index (χ3v) is 9.81. The lowest BCUT2D eigenvalue weighted by Gasteiger charge is -2.50. The average Bonchev–Trinajstić information content (AvgIpc) is 3.61. The molecule has 0 saturated carbocycles. The van der Waals surface area contributed by atoms with Crippen LogP contribution in [0.25, 0.3) is 34.0 Å². The maximum absolute atomic E-state index is 6.54. The lowest BCUT2D eigenvalue weighted by molar-refractivity contribution is 0.425. The van der Waals surface area contributed by atoms with Gasteiger partial charge < -0.3 is 9.15 Å². The van der Waals surface area contributed by atoms with Crippen molar-refractivity contribution in [3.63, 3.8) is 0 Å². The van der Waals surface area contributed by atoms with Crippen LogP contribution in [-0.2, 0) is 10.8 Å². The molecule has 4 heteroatoms. The second-order valence-corrected chi connectivity index (χ2v) is 12.6. The molecule has 46 heavy (non-hydrogen) atoms. The number of ether oxygens (including phenoxy) is 1. The fourth-order valence-corrected chi connectivity index (χ4v) is 7.63. The normalized spacial score (nSPS) is 14.8. The highest BCUT2D eigenvalue weighted by Crippen LogP contribution is 2.61. The summed E-state index contributed by atoms with van der Waals surface area (Å²) >= 11 is 0. The maximum atomic E-state index is 6.54. The Balaban J connectivity index is 1.20. The van der Waals surface area contributed by atoms with Crippen LogP contribution in [0.5, 0.6) is 11.5 Å². The minimum Gasteiger partial charge on any atom is -0.457 e. The molecule has 0 unspecified atom stereocenters. The lowest BCUT2D eigenvalue weighted by Crippen LogP contribution is -2.43. The molecule has 0 fully saturated rings. The molecule has 0 amide bonds. The molecule has 4 nitrogen and oxygen atoms in total. The van der Waals surface area contributed by atoms with Crippen molar-refractivity contribution in [3.8, 4) is 45.5 Å². The highest BCUT2D eigenvalue weighted by atomic mass is 16.5. The van der Waals surface area contributed by atoms with Crippen LogP contribution in [0, 0.1) is 0 Å². The van der Waals surface area contributed by atoms with Crippen molar-refractivity contribution in [2.24, 2.45) is 0 Å². The third-order valence-electron chi connectivity index (χ3n) is 9.81. The second kappa shape index (κ2) is 9.88. The van der Waals surface area contributed by atoms with Gasteiger partial charge in [-0.3, -0.25) is 0 Å². The summed E-state index contributed by atoms with van der Waals surface area (Å²) in [7, 11) is 0. The number of hydrogen-bond donors (Lipinski definition) is 0. The molecule has 0 radical (unpaired) electrons. The Hall–Kier alpha value is -5.74. The summed E-state index contributed by atoms with van der Waals surface area (Å²) in [6.45, 7) is 4.70. The van der Waals surface area contributed by atoms with Crippen molar-refractivity contribution in [1.29, 1.82) is 0 Å². The highest BCUT2D eigenvalue weighted by molar-refractivity contribution is 5.78. The van der Waals surface area contributed by atoms with Gasteiger partial charge in [-0.1, -0.05) is 117 Å². The van der Waals surface area contributed by atoms with Crippen molar-refractivity contribution in [2.75, 3.05) is 0 Å². The first-order chi connectivity index (χ1) is 22.5. The number of rotatable bonds is 3. The molecular weight excluding hydrogens is 564 g/mol. The number of aromatic nitrogens is 2. The summed E-state index contributed by atoms with van der Waals surface area (Å²) in [4.78, 5) is 0. The van der Waals surface area contributed by atoms with Crippen LogP contribution in [-0.4, -0.2) is 10.2 Å². The summed E-state index contributed by atoms with van der Waals surface area (Å²) in [5.41, 5.74) is 10.9. The Kier molecular flexibility index (Phi) is 5.72. The van der Waals surface area contributed by atoms with Gasteiger partial charge in [0.2, 0.25) is 11.8 Å². The van der Waals surface area contributed by atoms with E-state index in [1.54, 1.807) is 0 Å². The van der Waals surface area contributed by atoms with Gasteiger partial charge in [0.15, 0.2) is 0 Å². The molecule has 1 aliphatic carbocycles. The standard InChI is InChI=1S/C42H30N2O2/c1-41(2)31-14-6-7-15-32(31)42(34-16-8-10-18-37(34)45-38-19-11-9-17-35(38)42)33-25-24-30(26-36(33)41)27-20-22-29(23-21-27)40-44-43-39(46-40)28-12-4-3-5-13-28/h3-26H,1-2H3. The maximum Gasteiger partial charge on any atom is 0.248 e. The molecular formula is C42H30N2O2. The molecule has 2 aliphatic rings. The molecule has 1 spiro atoms. The predicted octanol–water partition coefficient (Wildman–Crippen LogP) is 10.2. The van der Waals surface area contributed by atoms with Gasteiger partial charge >= 0.3 is 0 Å². The zero-order valence-electron chi connectivity index (χ0n) is 25.6. The van der Waals surface area contributed by atoms with Gasteiger partial charge in [0.1, 0.15) is 11.5 Å². The fourth-order valence-electron chi connectivity index (χ4n) is 7.63. The van der Waals surface area contributed by atoms with E-state index in [1.807, 2.05) is 30.3 Å². The van der Waals surface area contributed by atoms with Crippen LogP contribution in [0.4, 0.5) is 0 Å². The zero-order valence-corrected chi connectivity index (χ0v) is 25.6. The Labute approximate surface area is 268 Å². The van der Waals surface area contributed by atoms with Crippen molar-refractivity contribution in [2.45, 2.75) is 24.7 Å². The number of nitrogens with zero attached hydrogens (tertiary/aromatic N) is 2. The molecule has 0 N–H and O–H groups in total. The highest BCUT2D eigenvalue weighted by Gasteiger charge is 2.52. The minimum atomic E-state index is -0.510. The molecule has 1 aliphatic heterocycles. The van der Waals surface area contributed by atoms with Gasteiger partial charge in [-0.15, -0.1) is 10.2 Å². The van der Waals surface area contributed by atoms with Crippen LogP contribution >= 0.6 is 0 Å². The topological polar surface area (TPSA) is 48.2 Å². The number of benzene rings is 6. The first-order valence-corrected chi connectivity index (χ1v) is 15.7.